The molecule has 2 rings (SSSR count). The first-order chi connectivity index (χ1) is 11.1. The lowest BCUT2D eigenvalue weighted by atomic mass is 10.2. The maximum Gasteiger partial charge on any atom is 0.343 e. The summed E-state index contributed by atoms with van der Waals surface area (Å²) in [4.78, 5) is 16.3. The van der Waals surface area contributed by atoms with Gasteiger partial charge >= 0.3 is 5.97 Å². The molecule has 23 heavy (non-hydrogen) atoms. The van der Waals surface area contributed by atoms with Crippen LogP contribution in [0, 0.1) is 0 Å². The van der Waals surface area contributed by atoms with Gasteiger partial charge in [0.05, 0.1) is 24.3 Å². The van der Waals surface area contributed by atoms with Crippen LogP contribution in [0.5, 0.6) is 17.2 Å². The molecule has 0 saturated heterocycles. The van der Waals surface area contributed by atoms with Crippen LogP contribution in [0.15, 0.2) is 35.1 Å². The Morgan fingerprint density at radius 2 is 2.13 bits per heavy atom. The molecule has 0 bridgehead atoms. The molecule has 0 aliphatic rings. The van der Waals surface area contributed by atoms with Crippen LogP contribution in [-0.2, 0) is 0 Å². The normalized spacial score (nSPS) is 10.3. The van der Waals surface area contributed by atoms with Crippen molar-refractivity contribution in [3.63, 3.8) is 0 Å². The summed E-state index contributed by atoms with van der Waals surface area (Å²) in [5, 5.41) is 0.287. The minimum atomic E-state index is -0.569. The molecule has 7 heteroatoms. The lowest BCUT2D eigenvalue weighted by molar-refractivity contribution is 0.0732. The molecule has 1 aromatic heterocycles. The lowest BCUT2D eigenvalue weighted by Gasteiger charge is -2.13. The van der Waals surface area contributed by atoms with Gasteiger partial charge in [-0.05, 0) is 46.6 Å². The molecular formula is C16H15BrClNO4. The number of methoxy groups -OCH3 is 1. The molecule has 0 atom stereocenters. The number of ether oxygens (including phenoxy) is 3. The Hall–Kier alpha value is -1.79. The number of aromatic nitrogens is 1. The summed E-state index contributed by atoms with van der Waals surface area (Å²) >= 11 is 9.41. The molecule has 0 aliphatic carbocycles. The van der Waals surface area contributed by atoms with Gasteiger partial charge in [0.1, 0.15) is 4.60 Å². The number of halogens is 2. The monoisotopic (exact) mass is 399 g/mol. The number of hydrogen-bond donors (Lipinski definition) is 0. The zero-order chi connectivity index (χ0) is 16.8. The summed E-state index contributed by atoms with van der Waals surface area (Å²) in [7, 11) is 1.48. The van der Waals surface area contributed by atoms with E-state index in [1.807, 2.05) is 6.92 Å². The van der Waals surface area contributed by atoms with Crippen molar-refractivity contribution < 1.29 is 19.0 Å². The van der Waals surface area contributed by atoms with E-state index in [0.717, 1.165) is 6.42 Å². The molecule has 0 saturated carbocycles. The van der Waals surface area contributed by atoms with E-state index >= 15 is 0 Å². The van der Waals surface area contributed by atoms with Crippen molar-refractivity contribution in [2.75, 3.05) is 13.7 Å². The third kappa shape index (κ3) is 4.36. The maximum absolute atomic E-state index is 12.3. The summed E-state index contributed by atoms with van der Waals surface area (Å²) < 4.78 is 16.5. The number of carbonyl (C=O) groups excluding carboxylic acids is 1. The van der Waals surface area contributed by atoms with Crippen LogP contribution in [0.4, 0.5) is 0 Å². The number of rotatable bonds is 6. The van der Waals surface area contributed by atoms with E-state index in [9.17, 15) is 4.79 Å². The minimum Gasteiger partial charge on any atom is -0.493 e. The third-order valence-electron chi connectivity index (χ3n) is 2.84. The minimum absolute atomic E-state index is 0.256. The highest BCUT2D eigenvalue weighted by Crippen LogP contribution is 2.37. The van der Waals surface area contributed by atoms with E-state index in [4.69, 9.17) is 25.8 Å². The van der Waals surface area contributed by atoms with Crippen molar-refractivity contribution in [3.8, 4) is 17.2 Å². The second-order valence-corrected chi connectivity index (χ2v) is 5.68. The number of nitrogens with zero attached hydrogens (tertiary/aromatic N) is 1. The average molecular weight is 401 g/mol. The fourth-order valence-corrected chi connectivity index (χ4v) is 2.38. The van der Waals surface area contributed by atoms with Gasteiger partial charge in [-0.2, -0.15) is 0 Å². The van der Waals surface area contributed by atoms with Gasteiger partial charge in [-0.3, -0.25) is 0 Å². The number of esters is 1. The number of carbonyl (C=O) groups is 1. The van der Waals surface area contributed by atoms with Crippen molar-refractivity contribution >= 4 is 33.5 Å². The van der Waals surface area contributed by atoms with E-state index < -0.39 is 5.97 Å². The number of benzene rings is 1. The van der Waals surface area contributed by atoms with E-state index in [-0.39, 0.29) is 10.6 Å². The molecule has 1 aromatic carbocycles. The summed E-state index contributed by atoms with van der Waals surface area (Å²) in [6.45, 7) is 2.49. The average Bonchev–Trinajstić information content (AvgIpc) is 2.55. The number of pyridine rings is 1. The molecule has 2 aromatic rings. The van der Waals surface area contributed by atoms with Crippen LogP contribution in [-0.4, -0.2) is 24.7 Å². The number of hydrogen-bond acceptors (Lipinski definition) is 5. The van der Waals surface area contributed by atoms with E-state index in [2.05, 4.69) is 20.9 Å². The highest BCUT2D eigenvalue weighted by molar-refractivity contribution is 9.10. The van der Waals surface area contributed by atoms with Gasteiger partial charge in [0.2, 0.25) is 0 Å². The van der Waals surface area contributed by atoms with Gasteiger partial charge in [0.15, 0.2) is 17.2 Å². The van der Waals surface area contributed by atoms with Crippen LogP contribution in [0.2, 0.25) is 5.02 Å². The van der Waals surface area contributed by atoms with Gasteiger partial charge < -0.3 is 14.2 Å². The quantitative estimate of drug-likeness (QED) is 0.527. The first kappa shape index (κ1) is 17.6. The van der Waals surface area contributed by atoms with E-state index in [1.165, 1.54) is 19.2 Å². The Morgan fingerprint density at radius 3 is 2.78 bits per heavy atom. The van der Waals surface area contributed by atoms with Gasteiger partial charge in [0, 0.05) is 6.20 Å². The predicted octanol–water partition coefficient (Wildman–Crippen LogP) is 4.51. The topological polar surface area (TPSA) is 57.7 Å². The van der Waals surface area contributed by atoms with Gasteiger partial charge in [-0.15, -0.1) is 0 Å². The zero-order valence-electron chi connectivity index (χ0n) is 12.6. The van der Waals surface area contributed by atoms with Crippen molar-refractivity contribution in [2.45, 2.75) is 13.3 Å². The molecule has 0 spiro atoms. The van der Waals surface area contributed by atoms with Crippen LogP contribution >= 0.6 is 27.5 Å². The van der Waals surface area contributed by atoms with Crippen molar-refractivity contribution in [3.05, 3.63) is 45.7 Å². The Balaban J connectivity index is 2.27. The molecule has 1 heterocycles. The maximum atomic E-state index is 12.3. The zero-order valence-corrected chi connectivity index (χ0v) is 15.0. The van der Waals surface area contributed by atoms with Crippen LogP contribution < -0.4 is 14.2 Å². The Labute approximate surface area is 147 Å². The highest BCUT2D eigenvalue weighted by Gasteiger charge is 2.18. The largest absolute Gasteiger partial charge is 0.493 e. The van der Waals surface area contributed by atoms with Crippen LogP contribution in [0.1, 0.15) is 23.7 Å². The third-order valence-corrected chi connectivity index (χ3v) is 3.72. The standard InChI is InChI=1S/C16H15BrClNO4/c1-3-7-22-14-11(18)8-10(9-13(14)21-2)16(20)23-12-5-4-6-19-15(12)17/h4-6,8-9H,3,7H2,1-2H3. The van der Waals surface area contributed by atoms with Crippen LogP contribution in [0.25, 0.3) is 0 Å². The van der Waals surface area contributed by atoms with Gasteiger partial charge in [-0.25, -0.2) is 9.78 Å². The summed E-state index contributed by atoms with van der Waals surface area (Å²) in [5.41, 5.74) is 0.256. The highest BCUT2D eigenvalue weighted by atomic mass is 79.9. The molecular weight excluding hydrogens is 386 g/mol. The first-order valence-corrected chi connectivity index (χ1v) is 8.07. The lowest BCUT2D eigenvalue weighted by Crippen LogP contribution is -2.10. The second-order valence-electron chi connectivity index (χ2n) is 4.52. The van der Waals surface area contributed by atoms with Crippen molar-refractivity contribution in [1.82, 2.24) is 4.98 Å². The first-order valence-electron chi connectivity index (χ1n) is 6.89. The Bertz CT molecular complexity index is 708. The smallest absolute Gasteiger partial charge is 0.343 e. The Morgan fingerprint density at radius 1 is 1.35 bits per heavy atom. The molecule has 122 valence electrons. The summed E-state index contributed by atoms with van der Waals surface area (Å²) in [6.07, 6.45) is 2.42. The molecule has 0 aliphatic heterocycles. The fraction of sp³-hybridized carbons (Fsp3) is 0.250. The summed E-state index contributed by atoms with van der Waals surface area (Å²) in [6, 6.07) is 6.32. The Kier molecular flexibility index (Phi) is 6.24. The van der Waals surface area contributed by atoms with E-state index in [0.29, 0.717) is 28.5 Å². The van der Waals surface area contributed by atoms with Crippen LogP contribution in [0.3, 0.4) is 0 Å². The second kappa shape index (κ2) is 8.17. The van der Waals surface area contributed by atoms with Gasteiger partial charge in [-0.1, -0.05) is 18.5 Å². The molecule has 0 N–H and O–H groups in total. The summed E-state index contributed by atoms with van der Waals surface area (Å²) in [5.74, 6) is 0.540. The fourth-order valence-electron chi connectivity index (χ4n) is 1.79. The SMILES string of the molecule is CCCOc1c(Cl)cc(C(=O)Oc2cccnc2Br)cc1OC. The van der Waals surface area contributed by atoms with Gasteiger partial charge in [0.25, 0.3) is 0 Å². The van der Waals surface area contributed by atoms with Crippen molar-refractivity contribution in [1.29, 1.82) is 0 Å². The molecule has 5 nitrogen and oxygen atoms in total. The molecule has 0 unspecified atom stereocenters. The molecule has 0 radical (unpaired) electrons. The predicted molar refractivity (Wildman–Crippen MR) is 90.7 cm³/mol. The molecule has 0 amide bonds. The van der Waals surface area contributed by atoms with Crippen molar-refractivity contribution in [2.24, 2.45) is 0 Å². The molecule has 0 fully saturated rings. The van der Waals surface area contributed by atoms with E-state index in [1.54, 1.807) is 18.3 Å².